The molecule has 0 amide bonds. The summed E-state index contributed by atoms with van der Waals surface area (Å²) in [6.07, 6.45) is -1.33. The highest BCUT2D eigenvalue weighted by Gasteiger charge is 2.33. The van der Waals surface area contributed by atoms with Crippen LogP contribution in [0.3, 0.4) is 0 Å². The minimum atomic E-state index is -4.41. The fourth-order valence-electron chi connectivity index (χ4n) is 3.02. The van der Waals surface area contributed by atoms with E-state index in [9.17, 15) is 13.2 Å². The molecule has 0 nitrogen and oxygen atoms in total. The molecule has 0 saturated carbocycles. The van der Waals surface area contributed by atoms with Gasteiger partial charge in [0.1, 0.15) is 0 Å². The molecule has 3 aromatic carbocycles. The lowest BCUT2D eigenvalue weighted by atomic mass is 9.99. The van der Waals surface area contributed by atoms with E-state index in [-0.39, 0.29) is 5.56 Å². The maximum absolute atomic E-state index is 13.4. The van der Waals surface area contributed by atoms with E-state index in [1.807, 2.05) is 18.2 Å². The minimum absolute atomic E-state index is 0.171. The quantitative estimate of drug-likeness (QED) is 0.274. The molecular formula is C23H20ClF3S. The van der Waals surface area contributed by atoms with Crippen LogP contribution in [0.2, 0.25) is 5.02 Å². The first-order chi connectivity index (χ1) is 13.4. The summed E-state index contributed by atoms with van der Waals surface area (Å²) >= 11 is 7.57. The molecule has 0 aliphatic rings. The maximum atomic E-state index is 13.4. The summed E-state index contributed by atoms with van der Waals surface area (Å²) in [5.41, 5.74) is 1.32. The molecule has 0 N–H and O–H groups in total. The van der Waals surface area contributed by atoms with E-state index in [1.165, 1.54) is 11.6 Å². The average molecular weight is 421 g/mol. The second-order valence-corrected chi connectivity index (χ2v) is 8.11. The van der Waals surface area contributed by atoms with Gasteiger partial charge < -0.3 is 0 Å². The van der Waals surface area contributed by atoms with Crippen molar-refractivity contribution in [2.75, 3.05) is 5.75 Å². The summed E-state index contributed by atoms with van der Waals surface area (Å²) in [7, 11) is 0. The topological polar surface area (TPSA) is 0 Å². The Hall–Kier alpha value is -1.91. The van der Waals surface area contributed by atoms with Gasteiger partial charge in [-0.2, -0.15) is 13.2 Å². The Labute approximate surface area is 172 Å². The fraction of sp³-hybridized carbons (Fsp3) is 0.217. The smallest absolute Gasteiger partial charge is 0.166 e. The molecule has 0 aliphatic heterocycles. The number of hydrogen-bond donors (Lipinski definition) is 0. The van der Waals surface area contributed by atoms with E-state index in [1.54, 1.807) is 48.2 Å². The van der Waals surface area contributed by atoms with E-state index < -0.39 is 11.7 Å². The number of aryl methyl sites for hydroxylation is 1. The molecule has 3 rings (SSSR count). The van der Waals surface area contributed by atoms with E-state index in [0.717, 1.165) is 29.9 Å². The Morgan fingerprint density at radius 3 is 2.32 bits per heavy atom. The van der Waals surface area contributed by atoms with Gasteiger partial charge in [-0.1, -0.05) is 54.1 Å². The van der Waals surface area contributed by atoms with Crippen molar-refractivity contribution in [1.29, 1.82) is 0 Å². The Morgan fingerprint density at radius 2 is 1.61 bits per heavy atom. The second-order valence-electron chi connectivity index (χ2n) is 6.51. The van der Waals surface area contributed by atoms with Crippen LogP contribution in [0.4, 0.5) is 13.2 Å². The van der Waals surface area contributed by atoms with Gasteiger partial charge >= 0.3 is 6.18 Å². The number of hydrogen-bond acceptors (Lipinski definition) is 1. The summed E-state index contributed by atoms with van der Waals surface area (Å²) in [6.45, 7) is 0. The predicted molar refractivity (Wildman–Crippen MR) is 112 cm³/mol. The fourth-order valence-corrected chi connectivity index (χ4v) is 4.16. The minimum Gasteiger partial charge on any atom is -0.166 e. The zero-order chi connectivity index (χ0) is 20.0. The Morgan fingerprint density at radius 1 is 0.821 bits per heavy atom. The van der Waals surface area contributed by atoms with Crippen LogP contribution in [-0.2, 0) is 12.6 Å². The van der Waals surface area contributed by atoms with Gasteiger partial charge in [-0.05, 0) is 72.0 Å². The van der Waals surface area contributed by atoms with Crippen LogP contribution in [-0.4, -0.2) is 5.75 Å². The number of rotatable bonds is 7. The molecule has 0 heterocycles. The summed E-state index contributed by atoms with van der Waals surface area (Å²) in [5.74, 6) is 0.868. The van der Waals surface area contributed by atoms with E-state index >= 15 is 0 Å². The number of alkyl halides is 3. The summed E-state index contributed by atoms with van der Waals surface area (Å²) in [4.78, 5) is 0.836. The highest BCUT2D eigenvalue weighted by atomic mass is 35.5. The molecule has 0 atom stereocenters. The van der Waals surface area contributed by atoms with Gasteiger partial charge in [0.25, 0.3) is 0 Å². The van der Waals surface area contributed by atoms with E-state index in [2.05, 4.69) is 12.1 Å². The molecule has 3 aromatic rings. The Balaban J connectivity index is 1.68. The van der Waals surface area contributed by atoms with Crippen molar-refractivity contribution in [3.05, 3.63) is 88.9 Å². The Bertz CT molecular complexity index is 907. The van der Waals surface area contributed by atoms with Gasteiger partial charge in [0, 0.05) is 9.92 Å². The number of unbranched alkanes of at least 4 members (excludes halogenated alkanes) is 1. The molecule has 0 unspecified atom stereocenters. The summed E-state index contributed by atoms with van der Waals surface area (Å²) in [6, 6.07) is 21.2. The van der Waals surface area contributed by atoms with Gasteiger partial charge in [-0.3, -0.25) is 0 Å². The SMILES string of the molecule is FC(F)(F)c1ccc(SCCCCc2ccccc2)cc1-c1cccc(Cl)c1. The molecule has 0 fully saturated rings. The van der Waals surface area contributed by atoms with Crippen molar-refractivity contribution in [2.45, 2.75) is 30.3 Å². The zero-order valence-electron chi connectivity index (χ0n) is 15.2. The number of thioether (sulfide) groups is 1. The van der Waals surface area contributed by atoms with Gasteiger partial charge in [0.2, 0.25) is 0 Å². The van der Waals surface area contributed by atoms with Crippen molar-refractivity contribution in [1.82, 2.24) is 0 Å². The van der Waals surface area contributed by atoms with Crippen LogP contribution in [0.15, 0.2) is 77.7 Å². The average Bonchev–Trinajstić information content (AvgIpc) is 2.67. The monoisotopic (exact) mass is 420 g/mol. The summed E-state index contributed by atoms with van der Waals surface area (Å²) in [5, 5.41) is 0.421. The van der Waals surface area contributed by atoms with Crippen molar-refractivity contribution >= 4 is 23.4 Å². The molecule has 0 bridgehead atoms. The first kappa shape index (κ1) is 20.8. The lowest BCUT2D eigenvalue weighted by Gasteiger charge is -2.15. The van der Waals surface area contributed by atoms with E-state index in [0.29, 0.717) is 10.6 Å². The largest absolute Gasteiger partial charge is 0.417 e. The van der Waals surface area contributed by atoms with Crippen LogP contribution in [0.5, 0.6) is 0 Å². The molecular weight excluding hydrogens is 401 g/mol. The van der Waals surface area contributed by atoms with Crippen LogP contribution in [0.25, 0.3) is 11.1 Å². The van der Waals surface area contributed by atoms with Gasteiger partial charge in [0.15, 0.2) is 0 Å². The number of benzene rings is 3. The third-order valence-corrected chi connectivity index (χ3v) is 5.72. The normalized spacial score (nSPS) is 11.6. The molecule has 0 spiro atoms. The lowest BCUT2D eigenvalue weighted by molar-refractivity contribution is -0.137. The Kier molecular flexibility index (Phi) is 7.08. The highest BCUT2D eigenvalue weighted by Crippen LogP contribution is 2.39. The third-order valence-electron chi connectivity index (χ3n) is 4.40. The first-order valence-corrected chi connectivity index (χ1v) is 10.4. The van der Waals surface area contributed by atoms with Crippen LogP contribution >= 0.6 is 23.4 Å². The molecule has 0 radical (unpaired) electrons. The lowest BCUT2D eigenvalue weighted by Crippen LogP contribution is -2.07. The van der Waals surface area contributed by atoms with Crippen molar-refractivity contribution in [2.24, 2.45) is 0 Å². The number of halogens is 4. The van der Waals surface area contributed by atoms with Crippen LogP contribution in [0.1, 0.15) is 24.0 Å². The predicted octanol–water partition coefficient (Wildman–Crippen LogP) is 8.14. The second kappa shape index (κ2) is 9.53. The van der Waals surface area contributed by atoms with Crippen LogP contribution in [0, 0.1) is 0 Å². The molecule has 28 heavy (non-hydrogen) atoms. The molecule has 0 aromatic heterocycles. The summed E-state index contributed by atoms with van der Waals surface area (Å²) < 4.78 is 40.3. The van der Waals surface area contributed by atoms with Crippen molar-refractivity contribution < 1.29 is 13.2 Å². The van der Waals surface area contributed by atoms with Crippen molar-refractivity contribution in [3.8, 4) is 11.1 Å². The zero-order valence-corrected chi connectivity index (χ0v) is 16.7. The standard InChI is InChI=1S/C23H20ClF3S/c24-19-11-6-10-18(15-19)21-16-20(12-13-22(21)23(25,26)27)28-14-5-4-9-17-7-2-1-3-8-17/h1-3,6-8,10-13,15-16H,4-5,9,14H2. The van der Waals surface area contributed by atoms with Gasteiger partial charge in [-0.25, -0.2) is 0 Å². The molecule has 0 saturated heterocycles. The molecule has 5 heteroatoms. The highest BCUT2D eigenvalue weighted by molar-refractivity contribution is 7.99. The molecule has 146 valence electrons. The first-order valence-electron chi connectivity index (χ1n) is 9.07. The third kappa shape index (κ3) is 5.79. The van der Waals surface area contributed by atoms with Gasteiger partial charge in [-0.15, -0.1) is 11.8 Å². The van der Waals surface area contributed by atoms with Crippen LogP contribution < -0.4 is 0 Å². The van der Waals surface area contributed by atoms with Crippen molar-refractivity contribution in [3.63, 3.8) is 0 Å². The van der Waals surface area contributed by atoms with Gasteiger partial charge in [0.05, 0.1) is 5.56 Å². The van der Waals surface area contributed by atoms with E-state index in [4.69, 9.17) is 11.6 Å². The maximum Gasteiger partial charge on any atom is 0.417 e. The molecule has 0 aliphatic carbocycles.